The third kappa shape index (κ3) is 4.70. The van der Waals surface area contributed by atoms with Crippen LogP contribution in [0, 0.1) is 0 Å². The van der Waals surface area contributed by atoms with Gasteiger partial charge in [0.2, 0.25) is 11.8 Å². The first-order valence-electron chi connectivity index (χ1n) is 7.05. The number of carbonyl (C=O) groups is 2. The summed E-state index contributed by atoms with van der Waals surface area (Å²) in [5.41, 5.74) is 0. The molecule has 1 aliphatic rings. The van der Waals surface area contributed by atoms with Crippen LogP contribution in [0.1, 0.15) is 26.2 Å². The Bertz CT molecular complexity index is 480. The highest BCUT2D eigenvalue weighted by Gasteiger charge is 2.27. The first kappa shape index (κ1) is 15.2. The average Bonchev–Trinajstić information content (AvgIpc) is 2.95. The molecule has 1 saturated heterocycles. The lowest BCUT2D eigenvalue weighted by atomic mass is 10.3. The molecule has 1 fully saturated rings. The maximum Gasteiger partial charge on any atom is 0.306 e. The monoisotopic (exact) mass is 293 g/mol. The van der Waals surface area contributed by atoms with E-state index >= 15 is 0 Å². The van der Waals surface area contributed by atoms with Crippen LogP contribution in [-0.4, -0.2) is 52.5 Å². The Morgan fingerprint density at radius 3 is 3.00 bits per heavy atom. The van der Waals surface area contributed by atoms with Gasteiger partial charge in [0.15, 0.2) is 0 Å². The number of nitrogens with zero attached hydrogens (tertiary/aromatic N) is 3. The first-order chi connectivity index (χ1) is 10.2. The molecule has 114 valence electrons. The van der Waals surface area contributed by atoms with Gasteiger partial charge in [-0.15, -0.1) is 0 Å². The minimum absolute atomic E-state index is 0.0446. The normalized spacial score (nSPS) is 17.6. The summed E-state index contributed by atoms with van der Waals surface area (Å²) in [6.07, 6.45) is 4.03. The van der Waals surface area contributed by atoms with E-state index < -0.39 is 0 Å². The minimum Gasteiger partial charge on any atom is -0.472 e. The Labute approximate surface area is 123 Å². The zero-order valence-electron chi connectivity index (χ0n) is 12.0. The van der Waals surface area contributed by atoms with Crippen LogP contribution in [0.3, 0.4) is 0 Å². The molecule has 0 radical (unpaired) electrons. The predicted molar refractivity (Wildman–Crippen MR) is 73.5 cm³/mol. The van der Waals surface area contributed by atoms with Crippen molar-refractivity contribution >= 4 is 11.9 Å². The van der Waals surface area contributed by atoms with Crippen LogP contribution in [0.25, 0.3) is 0 Å². The summed E-state index contributed by atoms with van der Waals surface area (Å²) in [4.78, 5) is 32.8. The van der Waals surface area contributed by atoms with Gasteiger partial charge in [-0.3, -0.25) is 9.59 Å². The fraction of sp³-hybridized carbons (Fsp3) is 0.571. The van der Waals surface area contributed by atoms with E-state index in [1.54, 1.807) is 24.1 Å². The topological polar surface area (TPSA) is 81.6 Å². The molecule has 2 heterocycles. The maximum atomic E-state index is 12.0. The van der Waals surface area contributed by atoms with Gasteiger partial charge in [-0.1, -0.05) is 0 Å². The molecular weight excluding hydrogens is 274 g/mol. The van der Waals surface area contributed by atoms with Crippen LogP contribution >= 0.6 is 0 Å². The van der Waals surface area contributed by atoms with E-state index in [4.69, 9.17) is 9.47 Å². The van der Waals surface area contributed by atoms with Crippen molar-refractivity contribution in [1.29, 1.82) is 0 Å². The van der Waals surface area contributed by atoms with E-state index in [9.17, 15) is 9.59 Å². The summed E-state index contributed by atoms with van der Waals surface area (Å²) >= 11 is 0. The highest BCUT2D eigenvalue weighted by molar-refractivity contribution is 5.81. The van der Waals surface area contributed by atoms with Crippen molar-refractivity contribution in [3.05, 3.63) is 18.6 Å². The van der Waals surface area contributed by atoms with Crippen LogP contribution in [0.4, 0.5) is 0 Å². The van der Waals surface area contributed by atoms with E-state index in [-0.39, 0.29) is 30.8 Å². The van der Waals surface area contributed by atoms with Gasteiger partial charge >= 0.3 is 5.97 Å². The maximum absolute atomic E-state index is 12.0. The van der Waals surface area contributed by atoms with Crippen LogP contribution in [0.15, 0.2) is 18.6 Å². The number of hydrogen-bond donors (Lipinski definition) is 0. The molecule has 0 saturated carbocycles. The van der Waals surface area contributed by atoms with Gasteiger partial charge < -0.3 is 14.4 Å². The highest BCUT2D eigenvalue weighted by Crippen LogP contribution is 2.16. The number of ether oxygens (including phenoxy) is 2. The van der Waals surface area contributed by atoms with E-state index in [1.165, 1.54) is 6.33 Å². The molecule has 21 heavy (non-hydrogen) atoms. The van der Waals surface area contributed by atoms with Crippen molar-refractivity contribution in [2.45, 2.75) is 32.3 Å². The smallest absolute Gasteiger partial charge is 0.306 e. The Balaban J connectivity index is 1.74. The Morgan fingerprint density at radius 1 is 1.43 bits per heavy atom. The van der Waals surface area contributed by atoms with Crippen LogP contribution in [0.2, 0.25) is 0 Å². The van der Waals surface area contributed by atoms with Crippen molar-refractivity contribution < 1.29 is 19.1 Å². The summed E-state index contributed by atoms with van der Waals surface area (Å²) in [5.74, 6) is 0.131. The molecular formula is C14H19N3O4. The Kier molecular flexibility index (Phi) is 5.48. The van der Waals surface area contributed by atoms with Gasteiger partial charge in [0.1, 0.15) is 12.4 Å². The SMILES string of the molecule is CCOC(=O)CCC(=O)N1CC[C@H](Oc2ccncn2)C1. The van der Waals surface area contributed by atoms with Crippen molar-refractivity contribution in [3.63, 3.8) is 0 Å². The molecule has 1 aromatic heterocycles. The van der Waals surface area contributed by atoms with Crippen molar-refractivity contribution in [3.8, 4) is 5.88 Å². The summed E-state index contributed by atoms with van der Waals surface area (Å²) < 4.78 is 10.5. The van der Waals surface area contributed by atoms with E-state index in [0.29, 0.717) is 25.6 Å². The number of carbonyl (C=O) groups excluding carboxylic acids is 2. The quantitative estimate of drug-likeness (QED) is 0.722. The van der Waals surface area contributed by atoms with Crippen molar-refractivity contribution in [2.75, 3.05) is 19.7 Å². The largest absolute Gasteiger partial charge is 0.472 e. The molecule has 7 heteroatoms. The Hall–Kier alpha value is -2.18. The number of hydrogen-bond acceptors (Lipinski definition) is 6. The van der Waals surface area contributed by atoms with Crippen molar-refractivity contribution in [2.24, 2.45) is 0 Å². The molecule has 0 N–H and O–H groups in total. The van der Waals surface area contributed by atoms with E-state index in [1.807, 2.05) is 0 Å². The van der Waals surface area contributed by atoms with Gasteiger partial charge in [0.25, 0.3) is 0 Å². The highest BCUT2D eigenvalue weighted by atomic mass is 16.5. The van der Waals surface area contributed by atoms with Gasteiger partial charge in [-0.05, 0) is 6.92 Å². The molecule has 1 atom stereocenters. The molecule has 0 unspecified atom stereocenters. The zero-order valence-corrected chi connectivity index (χ0v) is 12.0. The molecule has 1 aromatic rings. The molecule has 0 bridgehead atoms. The second kappa shape index (κ2) is 7.56. The number of esters is 1. The van der Waals surface area contributed by atoms with Gasteiger partial charge in [0.05, 0.1) is 19.6 Å². The minimum atomic E-state index is -0.334. The number of amides is 1. The fourth-order valence-corrected chi connectivity index (χ4v) is 2.17. The van der Waals surface area contributed by atoms with E-state index in [0.717, 1.165) is 6.42 Å². The molecule has 2 rings (SSSR count). The molecule has 0 spiro atoms. The van der Waals surface area contributed by atoms with Crippen LogP contribution < -0.4 is 4.74 Å². The second-order valence-electron chi connectivity index (χ2n) is 4.72. The lowest BCUT2D eigenvalue weighted by molar-refractivity contribution is -0.145. The average molecular weight is 293 g/mol. The summed E-state index contributed by atoms with van der Waals surface area (Å²) in [7, 11) is 0. The van der Waals surface area contributed by atoms with Crippen LogP contribution in [0.5, 0.6) is 5.88 Å². The molecule has 1 amide bonds. The fourth-order valence-electron chi connectivity index (χ4n) is 2.17. The standard InChI is InChI=1S/C14H19N3O4/c1-2-20-14(19)4-3-13(18)17-8-6-11(9-17)21-12-5-7-15-10-16-12/h5,7,10-11H,2-4,6,8-9H2,1H3/t11-/m0/s1. The summed E-state index contributed by atoms with van der Waals surface area (Å²) in [6, 6.07) is 1.69. The Morgan fingerprint density at radius 2 is 2.29 bits per heavy atom. The summed E-state index contributed by atoms with van der Waals surface area (Å²) in [5, 5.41) is 0. The molecule has 1 aliphatic heterocycles. The van der Waals surface area contributed by atoms with Crippen LogP contribution in [-0.2, 0) is 14.3 Å². The number of likely N-dealkylation sites (tertiary alicyclic amines) is 1. The lowest BCUT2D eigenvalue weighted by Crippen LogP contribution is -2.31. The molecule has 7 nitrogen and oxygen atoms in total. The second-order valence-corrected chi connectivity index (χ2v) is 4.72. The molecule has 0 aromatic carbocycles. The third-order valence-corrected chi connectivity index (χ3v) is 3.19. The van der Waals surface area contributed by atoms with Gasteiger partial charge in [-0.2, -0.15) is 0 Å². The van der Waals surface area contributed by atoms with Crippen molar-refractivity contribution in [1.82, 2.24) is 14.9 Å². The van der Waals surface area contributed by atoms with Gasteiger partial charge in [-0.25, -0.2) is 9.97 Å². The number of aromatic nitrogens is 2. The summed E-state index contributed by atoms with van der Waals surface area (Å²) in [6.45, 7) is 3.24. The predicted octanol–water partition coefficient (Wildman–Crippen LogP) is 0.800. The lowest BCUT2D eigenvalue weighted by Gasteiger charge is -2.16. The number of rotatable bonds is 6. The van der Waals surface area contributed by atoms with Gasteiger partial charge in [0, 0.05) is 31.6 Å². The first-order valence-corrected chi connectivity index (χ1v) is 7.05. The van der Waals surface area contributed by atoms with E-state index in [2.05, 4.69) is 9.97 Å². The molecule has 0 aliphatic carbocycles. The third-order valence-electron chi connectivity index (χ3n) is 3.19. The zero-order chi connectivity index (χ0) is 15.1.